The van der Waals surface area contributed by atoms with E-state index < -0.39 is 46.6 Å². The summed E-state index contributed by atoms with van der Waals surface area (Å²) in [5.74, 6) is -2.28. The number of halogens is 4. The molecule has 12 rings (SSSR count). The summed E-state index contributed by atoms with van der Waals surface area (Å²) in [4.78, 5) is 9.83. The zero-order valence-corrected chi connectivity index (χ0v) is 45.2. The average Bonchev–Trinajstić information content (AvgIpc) is 4.30. The van der Waals surface area contributed by atoms with E-state index in [-0.39, 0.29) is 11.8 Å². The summed E-state index contributed by atoms with van der Waals surface area (Å²) in [7, 11) is 3.80. The first-order valence-corrected chi connectivity index (χ1v) is 26.6. The number of benzene rings is 4. The van der Waals surface area contributed by atoms with E-state index in [9.17, 15) is 19.0 Å². The summed E-state index contributed by atoms with van der Waals surface area (Å²) in [6.45, 7) is 13.3. The molecular formula is C62H64F4N8O4. The largest absolute Gasteiger partial charge is 0.386 e. The Morgan fingerprint density at radius 1 is 0.513 bits per heavy atom. The molecule has 2 atom stereocenters. The van der Waals surface area contributed by atoms with Gasteiger partial charge in [0.05, 0.1) is 80.2 Å². The normalized spacial score (nSPS) is 15.9. The number of pyridine rings is 2. The van der Waals surface area contributed by atoms with E-state index in [0.717, 1.165) is 126 Å². The molecular weight excluding hydrogens is 997 g/mol. The number of aromatic nitrogens is 8. The molecule has 2 aliphatic rings. The maximum absolute atomic E-state index is 15.6. The van der Waals surface area contributed by atoms with Crippen LogP contribution in [0.1, 0.15) is 98.8 Å². The fourth-order valence-electron chi connectivity index (χ4n) is 12.1. The number of nitrogens with zero attached hydrogens (tertiary/aromatic N) is 8. The van der Waals surface area contributed by atoms with Gasteiger partial charge in [-0.2, -0.15) is 10.2 Å². The Bertz CT molecular complexity index is 3600. The molecule has 4 aromatic carbocycles. The van der Waals surface area contributed by atoms with Crippen molar-refractivity contribution in [2.24, 2.45) is 25.9 Å². The Morgan fingerprint density at radius 2 is 0.897 bits per heavy atom. The second-order valence-electron chi connectivity index (χ2n) is 22.2. The van der Waals surface area contributed by atoms with Crippen LogP contribution < -0.4 is 0 Å². The first-order chi connectivity index (χ1) is 37.3. The molecule has 2 saturated heterocycles. The number of rotatable bonds is 10. The molecule has 404 valence electrons. The van der Waals surface area contributed by atoms with Crippen LogP contribution in [0.5, 0.6) is 0 Å². The molecule has 8 heterocycles. The fourth-order valence-corrected chi connectivity index (χ4v) is 12.1. The van der Waals surface area contributed by atoms with Gasteiger partial charge in [0.15, 0.2) is 0 Å². The molecule has 2 N–H and O–H groups in total. The molecule has 2 fully saturated rings. The number of aliphatic hydroxyl groups is 2. The van der Waals surface area contributed by atoms with Crippen LogP contribution >= 0.6 is 0 Å². The summed E-state index contributed by atoms with van der Waals surface area (Å²) < 4.78 is 78.5. The number of aryl methyl sites for hydroxylation is 4. The third-order valence-corrected chi connectivity index (χ3v) is 16.0. The third-order valence-electron chi connectivity index (χ3n) is 16.0. The van der Waals surface area contributed by atoms with Crippen LogP contribution in [0.25, 0.3) is 66.4 Å². The van der Waals surface area contributed by atoms with Crippen LogP contribution in [-0.2, 0) is 34.8 Å². The Hall–Kier alpha value is -7.24. The summed E-state index contributed by atoms with van der Waals surface area (Å²) in [5.41, 5.74) is 10.9. The van der Waals surface area contributed by atoms with Gasteiger partial charge in [0.1, 0.15) is 23.3 Å². The first kappa shape index (κ1) is 52.8. The van der Waals surface area contributed by atoms with Gasteiger partial charge in [-0.15, -0.1) is 0 Å². The van der Waals surface area contributed by atoms with Gasteiger partial charge in [-0.1, -0.05) is 36.4 Å². The lowest BCUT2D eigenvalue weighted by atomic mass is 9.86. The lowest BCUT2D eigenvalue weighted by molar-refractivity contribution is 0.0547. The second kappa shape index (κ2) is 20.5. The van der Waals surface area contributed by atoms with Gasteiger partial charge in [0, 0.05) is 98.1 Å². The first-order valence-electron chi connectivity index (χ1n) is 26.6. The van der Waals surface area contributed by atoms with E-state index in [1.807, 2.05) is 98.5 Å². The lowest BCUT2D eigenvalue weighted by Gasteiger charge is -2.33. The SMILES string of the molecule is Cc1cnn(C)c1-c1cnc2c3ccc(C(C)(C)O)cc3n(C(c3ccc(F)cc3F)C3CCOCC3)c2c1.Cc1cnn(C)c1-c1cnc2c3ccc(C(C)(C)O)cc3n(C(c3ccc(F)cc3F)C3CCOCC3)c2c1. The van der Waals surface area contributed by atoms with Crippen LogP contribution in [0, 0.1) is 49.0 Å². The quantitative estimate of drug-likeness (QED) is 0.130. The zero-order valence-electron chi connectivity index (χ0n) is 45.2. The highest BCUT2D eigenvalue weighted by Crippen LogP contribution is 2.45. The second-order valence-corrected chi connectivity index (χ2v) is 22.2. The van der Waals surface area contributed by atoms with Crippen molar-refractivity contribution in [2.75, 3.05) is 26.4 Å². The van der Waals surface area contributed by atoms with Crippen molar-refractivity contribution >= 4 is 43.9 Å². The Kier molecular flexibility index (Phi) is 13.9. The van der Waals surface area contributed by atoms with Crippen LogP contribution in [0.4, 0.5) is 17.6 Å². The van der Waals surface area contributed by atoms with Gasteiger partial charge in [-0.3, -0.25) is 19.3 Å². The lowest BCUT2D eigenvalue weighted by Crippen LogP contribution is -2.27. The van der Waals surface area contributed by atoms with Crippen molar-refractivity contribution in [3.8, 4) is 22.5 Å². The van der Waals surface area contributed by atoms with Gasteiger partial charge in [0.2, 0.25) is 0 Å². The minimum absolute atomic E-state index is 0.0467. The predicted molar refractivity (Wildman–Crippen MR) is 295 cm³/mol. The Balaban J connectivity index is 0.000000165. The van der Waals surface area contributed by atoms with E-state index in [1.165, 1.54) is 12.1 Å². The van der Waals surface area contributed by atoms with Crippen molar-refractivity contribution in [3.63, 3.8) is 0 Å². The summed E-state index contributed by atoms with van der Waals surface area (Å²) in [6.07, 6.45) is 10.3. The fraction of sp³-hybridized carbons (Fsp3) is 0.355. The molecule has 12 nitrogen and oxygen atoms in total. The van der Waals surface area contributed by atoms with Crippen molar-refractivity contribution in [1.82, 2.24) is 38.7 Å². The molecule has 0 radical (unpaired) electrons. The van der Waals surface area contributed by atoms with E-state index >= 15 is 8.78 Å². The molecule has 2 aliphatic heterocycles. The minimum atomic E-state index is -1.07. The van der Waals surface area contributed by atoms with Crippen LogP contribution in [0.15, 0.2) is 110 Å². The van der Waals surface area contributed by atoms with Gasteiger partial charge in [-0.05, 0) is 138 Å². The van der Waals surface area contributed by atoms with Crippen molar-refractivity contribution in [3.05, 3.63) is 166 Å². The molecule has 0 bridgehead atoms. The van der Waals surface area contributed by atoms with Gasteiger partial charge in [0.25, 0.3) is 0 Å². The summed E-state index contributed by atoms with van der Waals surface area (Å²) in [6, 6.07) is 22.7. The molecule has 6 aromatic heterocycles. The van der Waals surface area contributed by atoms with Crippen molar-refractivity contribution in [1.29, 1.82) is 0 Å². The van der Waals surface area contributed by atoms with Gasteiger partial charge in [-0.25, -0.2) is 17.6 Å². The molecule has 16 heteroatoms. The third kappa shape index (κ3) is 9.66. The highest BCUT2D eigenvalue weighted by molar-refractivity contribution is 6.08. The molecule has 10 aromatic rings. The predicted octanol–water partition coefficient (Wildman–Crippen LogP) is 12.8. The Labute approximate surface area is 449 Å². The van der Waals surface area contributed by atoms with Crippen LogP contribution in [-0.4, -0.2) is 75.3 Å². The van der Waals surface area contributed by atoms with Crippen LogP contribution in [0.3, 0.4) is 0 Å². The highest BCUT2D eigenvalue weighted by Gasteiger charge is 2.35. The number of ether oxygens (including phenoxy) is 2. The van der Waals surface area contributed by atoms with E-state index in [2.05, 4.69) is 31.5 Å². The summed E-state index contributed by atoms with van der Waals surface area (Å²) >= 11 is 0. The van der Waals surface area contributed by atoms with Gasteiger partial charge >= 0.3 is 0 Å². The zero-order chi connectivity index (χ0) is 54.9. The molecule has 0 aliphatic carbocycles. The Morgan fingerprint density at radius 3 is 1.23 bits per heavy atom. The minimum Gasteiger partial charge on any atom is -0.386 e. The number of hydrogen-bond acceptors (Lipinski definition) is 8. The molecule has 0 spiro atoms. The molecule has 2 unspecified atom stereocenters. The standard InChI is InChI=1S/2C31H32F2N4O2/c2*1-18-16-35-36(4)29(18)20-13-27-28(34-17-20)24-7-5-21(31(2,3)38)14-26(24)37(27)30(19-9-11-39-12-10-19)23-8-6-22(32)15-25(23)33/h2*5-8,13-17,19,30,38H,9-12H2,1-4H3. The molecule has 0 amide bonds. The number of hydrogen-bond donors (Lipinski definition) is 2. The van der Waals surface area contributed by atoms with E-state index in [4.69, 9.17) is 19.4 Å². The van der Waals surface area contributed by atoms with Crippen molar-refractivity contribution in [2.45, 2.75) is 90.5 Å². The van der Waals surface area contributed by atoms with Crippen molar-refractivity contribution < 1.29 is 37.2 Å². The number of fused-ring (bicyclic) bond motifs is 6. The average molecular weight is 1060 g/mol. The molecule has 0 saturated carbocycles. The van der Waals surface area contributed by atoms with E-state index in [1.54, 1.807) is 39.8 Å². The maximum atomic E-state index is 15.6. The monoisotopic (exact) mass is 1060 g/mol. The summed E-state index contributed by atoms with van der Waals surface area (Å²) in [5, 5.41) is 32.4. The maximum Gasteiger partial charge on any atom is 0.131 e. The highest BCUT2D eigenvalue weighted by atomic mass is 19.1. The van der Waals surface area contributed by atoms with Gasteiger partial charge < -0.3 is 28.8 Å². The van der Waals surface area contributed by atoms with Crippen LogP contribution in [0.2, 0.25) is 0 Å². The molecule has 78 heavy (non-hydrogen) atoms. The van der Waals surface area contributed by atoms with E-state index in [0.29, 0.717) is 37.6 Å². The topological polar surface area (TPSA) is 130 Å². The smallest absolute Gasteiger partial charge is 0.131 e.